The number of terminal acetylenes is 1. The number of non-ortho nitro benzene ring substituents is 1. The Balaban J connectivity index is 2.64. The van der Waals surface area contributed by atoms with Gasteiger partial charge in [-0.2, -0.15) is 0 Å². The quantitative estimate of drug-likeness (QED) is 0.449. The molecule has 0 saturated carbocycles. The van der Waals surface area contributed by atoms with E-state index in [4.69, 9.17) is 6.42 Å². The van der Waals surface area contributed by atoms with Crippen molar-refractivity contribution >= 4 is 15.7 Å². The second-order valence-corrected chi connectivity index (χ2v) is 7.75. The number of sulfonamides is 1. The molecule has 0 heterocycles. The summed E-state index contributed by atoms with van der Waals surface area (Å²) in [5, 5.41) is 10.6. The number of nitrogens with zero attached hydrogens (tertiary/aromatic N) is 1. The number of nitrogens with one attached hydrogen (secondary N) is 1. The lowest BCUT2D eigenvalue weighted by molar-refractivity contribution is -0.384. The van der Waals surface area contributed by atoms with E-state index in [9.17, 15) is 18.5 Å². The minimum atomic E-state index is -3.52. The fraction of sp³-hybridized carbons (Fsp3) is 0.375. The van der Waals surface area contributed by atoms with E-state index in [0.29, 0.717) is 12.0 Å². The number of benzene rings is 1. The van der Waals surface area contributed by atoms with Crippen molar-refractivity contribution in [1.29, 1.82) is 0 Å². The van der Waals surface area contributed by atoms with Crippen molar-refractivity contribution in [3.05, 3.63) is 52.1 Å². The van der Waals surface area contributed by atoms with Crippen LogP contribution in [-0.2, 0) is 15.8 Å². The average molecular weight is 336 g/mol. The van der Waals surface area contributed by atoms with E-state index in [1.165, 1.54) is 24.3 Å². The van der Waals surface area contributed by atoms with Crippen molar-refractivity contribution < 1.29 is 13.3 Å². The monoisotopic (exact) mass is 336 g/mol. The number of hydrogen-bond donors (Lipinski definition) is 1. The van der Waals surface area contributed by atoms with Crippen molar-refractivity contribution in [3.63, 3.8) is 0 Å². The van der Waals surface area contributed by atoms with E-state index in [2.05, 4.69) is 10.6 Å². The van der Waals surface area contributed by atoms with Gasteiger partial charge in [0.2, 0.25) is 10.0 Å². The first kappa shape index (κ1) is 18.9. The molecule has 6 nitrogen and oxygen atoms in total. The van der Waals surface area contributed by atoms with Crippen LogP contribution in [0.4, 0.5) is 5.69 Å². The molecule has 1 N–H and O–H groups in total. The first-order valence-electron chi connectivity index (χ1n) is 6.97. The molecule has 1 aromatic rings. The molecule has 1 aromatic carbocycles. The van der Waals surface area contributed by atoms with E-state index >= 15 is 0 Å². The third kappa shape index (κ3) is 7.08. The predicted molar refractivity (Wildman–Crippen MR) is 90.1 cm³/mol. The molecule has 7 heteroatoms. The largest absolute Gasteiger partial charge is 0.269 e. The highest BCUT2D eigenvalue weighted by Crippen LogP contribution is 2.20. The van der Waals surface area contributed by atoms with Crippen LogP contribution < -0.4 is 4.72 Å². The van der Waals surface area contributed by atoms with Gasteiger partial charge in [0.05, 0.1) is 10.7 Å². The number of nitro benzene ring substituents is 1. The molecule has 0 aliphatic rings. The van der Waals surface area contributed by atoms with Gasteiger partial charge in [-0.25, -0.2) is 13.1 Å². The van der Waals surface area contributed by atoms with Gasteiger partial charge in [-0.15, -0.1) is 6.42 Å². The van der Waals surface area contributed by atoms with Crippen LogP contribution >= 0.6 is 0 Å². The van der Waals surface area contributed by atoms with Gasteiger partial charge in [0.15, 0.2) is 0 Å². The normalized spacial score (nSPS) is 12.2. The van der Waals surface area contributed by atoms with Crippen LogP contribution in [0.5, 0.6) is 0 Å². The smallest absolute Gasteiger partial charge is 0.258 e. The fourth-order valence-corrected chi connectivity index (χ4v) is 3.15. The number of allylic oxidation sites excluding steroid dienone is 2. The van der Waals surface area contributed by atoms with Gasteiger partial charge in [0, 0.05) is 18.7 Å². The molecule has 0 saturated heterocycles. The average Bonchev–Trinajstić information content (AvgIpc) is 2.46. The summed E-state index contributed by atoms with van der Waals surface area (Å²) >= 11 is 0. The Labute approximate surface area is 136 Å². The molecule has 0 amide bonds. The first-order chi connectivity index (χ1) is 10.7. The van der Waals surface area contributed by atoms with E-state index in [1.54, 1.807) is 6.08 Å². The van der Waals surface area contributed by atoms with Gasteiger partial charge in [-0.3, -0.25) is 10.1 Å². The highest BCUT2D eigenvalue weighted by molar-refractivity contribution is 7.88. The van der Waals surface area contributed by atoms with E-state index < -0.39 is 14.9 Å². The maximum absolute atomic E-state index is 12.1. The molecule has 0 unspecified atom stereocenters. The molecular formula is C16H20N2O4S. The van der Waals surface area contributed by atoms with Gasteiger partial charge in [0.25, 0.3) is 5.69 Å². The highest BCUT2D eigenvalue weighted by Gasteiger charge is 2.20. The van der Waals surface area contributed by atoms with Crippen LogP contribution in [0.2, 0.25) is 0 Å². The van der Waals surface area contributed by atoms with Crippen molar-refractivity contribution in [2.45, 2.75) is 26.0 Å². The van der Waals surface area contributed by atoms with E-state index in [-0.39, 0.29) is 23.4 Å². The Morgan fingerprint density at radius 2 is 1.96 bits per heavy atom. The van der Waals surface area contributed by atoms with Gasteiger partial charge in [-0.05, 0) is 23.5 Å². The molecule has 0 bridgehead atoms. The molecule has 1 rings (SSSR count). The van der Waals surface area contributed by atoms with Gasteiger partial charge in [0.1, 0.15) is 0 Å². The molecule has 124 valence electrons. The fourth-order valence-electron chi connectivity index (χ4n) is 1.81. The summed E-state index contributed by atoms with van der Waals surface area (Å²) in [6.07, 6.45) is 9.19. The van der Waals surface area contributed by atoms with Crippen LogP contribution in [0.25, 0.3) is 0 Å². The molecule has 0 aliphatic carbocycles. The van der Waals surface area contributed by atoms with Crippen molar-refractivity contribution in [1.82, 2.24) is 4.72 Å². The van der Waals surface area contributed by atoms with Gasteiger partial charge in [-0.1, -0.05) is 38.0 Å². The van der Waals surface area contributed by atoms with Crippen LogP contribution in [0.15, 0.2) is 36.4 Å². The van der Waals surface area contributed by atoms with Crippen LogP contribution in [0, 0.1) is 27.9 Å². The van der Waals surface area contributed by atoms with Crippen molar-refractivity contribution in [2.24, 2.45) is 5.41 Å². The maximum Gasteiger partial charge on any atom is 0.269 e. The summed E-state index contributed by atoms with van der Waals surface area (Å²) < 4.78 is 26.8. The summed E-state index contributed by atoms with van der Waals surface area (Å²) in [5.74, 6) is 2.17. The third-order valence-corrected chi connectivity index (χ3v) is 4.46. The second kappa shape index (κ2) is 7.90. The summed E-state index contributed by atoms with van der Waals surface area (Å²) in [7, 11) is -3.52. The predicted octanol–water partition coefficient (Wildman–Crippen LogP) is 2.62. The Hall–Kier alpha value is -2.17. The number of rotatable bonds is 8. The van der Waals surface area contributed by atoms with E-state index in [1.807, 2.05) is 19.9 Å². The molecule has 0 atom stereocenters. The van der Waals surface area contributed by atoms with Crippen molar-refractivity contribution in [2.75, 3.05) is 6.54 Å². The van der Waals surface area contributed by atoms with Crippen LogP contribution in [0.1, 0.15) is 25.8 Å². The molecular weight excluding hydrogens is 316 g/mol. The van der Waals surface area contributed by atoms with Crippen LogP contribution in [-0.4, -0.2) is 19.9 Å². The van der Waals surface area contributed by atoms with Gasteiger partial charge >= 0.3 is 0 Å². The lowest BCUT2D eigenvalue weighted by atomic mass is 9.89. The Kier molecular flexibility index (Phi) is 6.49. The second-order valence-electron chi connectivity index (χ2n) is 5.94. The summed E-state index contributed by atoms with van der Waals surface area (Å²) in [6.45, 7) is 4.14. The Morgan fingerprint density at radius 1 is 1.35 bits per heavy atom. The molecule has 0 radical (unpaired) electrons. The lowest BCUT2D eigenvalue weighted by Crippen LogP contribution is -2.34. The zero-order valence-electron chi connectivity index (χ0n) is 13.2. The summed E-state index contributed by atoms with van der Waals surface area (Å²) in [6, 6.07) is 5.47. The van der Waals surface area contributed by atoms with Gasteiger partial charge < -0.3 is 0 Å². The molecule has 0 aromatic heterocycles. The standard InChI is InChI=1S/C16H20N2O4S/c1-4-5-6-11-16(2,3)13-17-23(21,22)12-14-7-9-15(10-8-14)18(19)20/h1,5-10,17H,11-13H2,2-3H3/b6-5+. The summed E-state index contributed by atoms with van der Waals surface area (Å²) in [5.41, 5.74) is 0.157. The molecule has 0 fully saturated rings. The van der Waals surface area contributed by atoms with Crippen LogP contribution in [0.3, 0.4) is 0 Å². The zero-order chi connectivity index (χ0) is 17.5. The summed E-state index contributed by atoms with van der Waals surface area (Å²) in [4.78, 5) is 10.1. The topological polar surface area (TPSA) is 89.3 Å². The van der Waals surface area contributed by atoms with E-state index in [0.717, 1.165) is 0 Å². The zero-order valence-corrected chi connectivity index (χ0v) is 14.0. The Morgan fingerprint density at radius 3 is 2.48 bits per heavy atom. The first-order valence-corrected chi connectivity index (χ1v) is 8.62. The third-order valence-electron chi connectivity index (χ3n) is 3.16. The lowest BCUT2D eigenvalue weighted by Gasteiger charge is -2.23. The minimum absolute atomic E-state index is 0.0689. The minimum Gasteiger partial charge on any atom is -0.258 e. The maximum atomic E-state index is 12.1. The molecule has 23 heavy (non-hydrogen) atoms. The Bertz CT molecular complexity index is 713. The molecule has 0 aliphatic heterocycles. The SMILES string of the molecule is C#C/C=C/CC(C)(C)CNS(=O)(=O)Cc1ccc([N+](=O)[O-])cc1. The molecule has 0 spiro atoms. The number of nitro groups is 1. The highest BCUT2D eigenvalue weighted by atomic mass is 32.2. The number of hydrogen-bond acceptors (Lipinski definition) is 4. The van der Waals surface area contributed by atoms with Crippen molar-refractivity contribution in [3.8, 4) is 12.3 Å².